The van der Waals surface area contributed by atoms with Crippen LogP contribution < -0.4 is 10.1 Å². The Morgan fingerprint density at radius 2 is 2.04 bits per heavy atom. The monoisotopic (exact) mass is 354 g/mol. The van der Waals surface area contributed by atoms with Crippen molar-refractivity contribution in [3.63, 3.8) is 0 Å². The number of hydrogen-bond acceptors (Lipinski definition) is 5. The molecule has 0 amide bonds. The number of carbonyl (C=O) groups is 1. The Balaban J connectivity index is 2.08. The maximum atomic E-state index is 12.3. The summed E-state index contributed by atoms with van der Waals surface area (Å²) in [5.41, 5.74) is 5.86. The number of benzene rings is 1. The molecule has 0 aliphatic carbocycles. The van der Waals surface area contributed by atoms with E-state index in [1.54, 1.807) is 7.11 Å². The lowest BCUT2D eigenvalue weighted by molar-refractivity contribution is -0.145. The fraction of sp³-hybridized carbons (Fsp3) is 0.429. The van der Waals surface area contributed by atoms with E-state index in [1.807, 2.05) is 26.1 Å². The number of rotatable bonds is 5. The number of carbonyl (C=O) groups excluding carboxylic acids is 1. The molecule has 2 heterocycles. The molecule has 0 saturated carbocycles. The van der Waals surface area contributed by atoms with Gasteiger partial charge in [0, 0.05) is 24.7 Å². The van der Waals surface area contributed by atoms with E-state index in [0.29, 0.717) is 5.88 Å². The van der Waals surface area contributed by atoms with Crippen LogP contribution in [0.25, 0.3) is 0 Å². The van der Waals surface area contributed by atoms with Crippen molar-refractivity contribution >= 4 is 5.97 Å². The molecular weight excluding hydrogens is 328 g/mol. The van der Waals surface area contributed by atoms with E-state index in [1.165, 1.54) is 18.2 Å². The Morgan fingerprint density at radius 3 is 2.73 bits per heavy atom. The third-order valence-electron chi connectivity index (χ3n) is 5.22. The smallest absolute Gasteiger partial charge is 0.309 e. The number of esters is 1. The lowest BCUT2D eigenvalue weighted by atomic mass is 9.79. The number of aryl methyl sites for hydroxylation is 1. The molecule has 3 rings (SSSR count). The highest BCUT2D eigenvalue weighted by molar-refractivity contribution is 5.74. The third kappa shape index (κ3) is 3.58. The number of fused-ring (bicyclic) bond motifs is 1. The predicted octanol–water partition coefficient (Wildman–Crippen LogP) is 2.99. The van der Waals surface area contributed by atoms with Crippen molar-refractivity contribution in [3.8, 4) is 5.88 Å². The fourth-order valence-corrected chi connectivity index (χ4v) is 3.73. The van der Waals surface area contributed by atoms with Gasteiger partial charge >= 0.3 is 5.97 Å². The van der Waals surface area contributed by atoms with Crippen LogP contribution in [0.5, 0.6) is 5.88 Å². The first-order valence-electron chi connectivity index (χ1n) is 8.96. The van der Waals surface area contributed by atoms with Crippen LogP contribution in [0.1, 0.15) is 40.7 Å². The average molecular weight is 354 g/mol. The van der Waals surface area contributed by atoms with Crippen LogP contribution in [0, 0.1) is 12.8 Å². The molecule has 2 aromatic rings. The van der Waals surface area contributed by atoms with Crippen LogP contribution in [0.3, 0.4) is 0 Å². The lowest BCUT2D eigenvalue weighted by Gasteiger charge is -2.26. The van der Waals surface area contributed by atoms with Gasteiger partial charge in [0.1, 0.15) is 0 Å². The molecule has 1 N–H and O–H groups in total. The van der Waals surface area contributed by atoms with E-state index in [2.05, 4.69) is 28.5 Å². The molecule has 2 atom stereocenters. The minimum Gasteiger partial charge on any atom is -0.481 e. The summed E-state index contributed by atoms with van der Waals surface area (Å²) >= 11 is 0. The molecule has 138 valence electrons. The molecule has 26 heavy (non-hydrogen) atoms. The second-order valence-corrected chi connectivity index (χ2v) is 6.83. The van der Waals surface area contributed by atoms with Gasteiger partial charge in [-0.1, -0.05) is 25.1 Å². The second-order valence-electron chi connectivity index (χ2n) is 6.83. The van der Waals surface area contributed by atoms with Crippen LogP contribution in [-0.2, 0) is 22.5 Å². The Kier molecular flexibility index (Phi) is 5.57. The molecule has 1 aromatic carbocycles. The van der Waals surface area contributed by atoms with Gasteiger partial charge in [0.2, 0.25) is 5.88 Å². The molecular formula is C21H26N2O3. The Hall–Kier alpha value is -2.40. The van der Waals surface area contributed by atoms with Gasteiger partial charge in [-0.25, -0.2) is 4.98 Å². The first-order valence-corrected chi connectivity index (χ1v) is 8.96. The minimum absolute atomic E-state index is 0.118. The van der Waals surface area contributed by atoms with Gasteiger partial charge in [-0.05, 0) is 47.7 Å². The molecule has 0 fully saturated rings. The zero-order valence-corrected chi connectivity index (χ0v) is 15.8. The predicted molar refractivity (Wildman–Crippen MR) is 100 cm³/mol. The molecule has 0 bridgehead atoms. The van der Waals surface area contributed by atoms with Crippen molar-refractivity contribution in [2.75, 3.05) is 20.8 Å². The van der Waals surface area contributed by atoms with E-state index in [9.17, 15) is 4.79 Å². The SMILES string of the molecule is COC(=O)C(C)C(c1ccc2c(c1)CNCC2)c1cnc(OC)cc1C. The summed E-state index contributed by atoms with van der Waals surface area (Å²) in [5, 5.41) is 3.42. The molecule has 0 spiro atoms. The topological polar surface area (TPSA) is 60.5 Å². The third-order valence-corrected chi connectivity index (χ3v) is 5.22. The number of pyridine rings is 1. The van der Waals surface area contributed by atoms with Crippen LogP contribution in [0.4, 0.5) is 0 Å². The van der Waals surface area contributed by atoms with Crippen LogP contribution >= 0.6 is 0 Å². The fourth-order valence-electron chi connectivity index (χ4n) is 3.73. The van der Waals surface area contributed by atoms with Crippen molar-refractivity contribution < 1.29 is 14.3 Å². The minimum atomic E-state index is -0.316. The van der Waals surface area contributed by atoms with Gasteiger partial charge in [-0.15, -0.1) is 0 Å². The Morgan fingerprint density at radius 1 is 1.23 bits per heavy atom. The average Bonchev–Trinajstić information content (AvgIpc) is 2.68. The molecule has 1 aliphatic rings. The zero-order chi connectivity index (χ0) is 18.7. The van der Waals surface area contributed by atoms with Crippen molar-refractivity contribution in [2.24, 2.45) is 5.92 Å². The molecule has 1 aromatic heterocycles. The quantitative estimate of drug-likeness (QED) is 0.837. The molecule has 5 heteroatoms. The van der Waals surface area contributed by atoms with Gasteiger partial charge in [0.25, 0.3) is 0 Å². The number of nitrogens with one attached hydrogen (secondary N) is 1. The van der Waals surface area contributed by atoms with E-state index < -0.39 is 0 Å². The highest BCUT2D eigenvalue weighted by Crippen LogP contribution is 2.36. The van der Waals surface area contributed by atoms with Crippen molar-refractivity contribution in [1.29, 1.82) is 0 Å². The first-order chi connectivity index (χ1) is 12.5. The standard InChI is InChI=1S/C21H26N2O3/c1-13-9-19(25-3)23-12-18(13)20(14(2)21(24)26-4)16-6-5-15-7-8-22-11-17(15)10-16/h5-6,9-10,12,14,20,22H,7-8,11H2,1-4H3. The molecule has 5 nitrogen and oxygen atoms in total. The summed E-state index contributed by atoms with van der Waals surface area (Å²) in [7, 11) is 3.04. The van der Waals surface area contributed by atoms with E-state index in [-0.39, 0.29) is 17.8 Å². The number of aromatic nitrogens is 1. The molecule has 2 unspecified atom stereocenters. The molecule has 1 aliphatic heterocycles. The highest BCUT2D eigenvalue weighted by Gasteiger charge is 2.30. The molecule has 0 saturated heterocycles. The van der Waals surface area contributed by atoms with Crippen LogP contribution in [0.2, 0.25) is 0 Å². The summed E-state index contributed by atoms with van der Waals surface area (Å²) in [5.74, 6) is -0.0806. The van der Waals surface area contributed by atoms with E-state index in [4.69, 9.17) is 9.47 Å². The van der Waals surface area contributed by atoms with Gasteiger partial charge in [0.15, 0.2) is 0 Å². The van der Waals surface area contributed by atoms with Gasteiger partial charge in [-0.2, -0.15) is 0 Å². The largest absolute Gasteiger partial charge is 0.481 e. The second kappa shape index (κ2) is 7.87. The summed E-state index contributed by atoms with van der Waals surface area (Å²) in [6, 6.07) is 8.45. The van der Waals surface area contributed by atoms with E-state index >= 15 is 0 Å². The number of nitrogens with zero attached hydrogens (tertiary/aromatic N) is 1. The number of methoxy groups -OCH3 is 2. The van der Waals surface area contributed by atoms with Gasteiger partial charge in [0.05, 0.1) is 20.1 Å². The normalized spacial score (nSPS) is 15.7. The molecule has 0 radical (unpaired) electrons. The van der Waals surface area contributed by atoms with Crippen molar-refractivity contribution in [2.45, 2.75) is 32.7 Å². The first kappa shape index (κ1) is 18.4. The zero-order valence-electron chi connectivity index (χ0n) is 15.8. The maximum Gasteiger partial charge on any atom is 0.309 e. The summed E-state index contributed by atoms with van der Waals surface area (Å²) in [6.45, 7) is 5.81. The lowest BCUT2D eigenvalue weighted by Crippen LogP contribution is -2.25. The van der Waals surface area contributed by atoms with Crippen molar-refractivity contribution in [1.82, 2.24) is 10.3 Å². The van der Waals surface area contributed by atoms with Gasteiger partial charge < -0.3 is 14.8 Å². The van der Waals surface area contributed by atoms with Crippen LogP contribution in [0.15, 0.2) is 30.5 Å². The summed E-state index contributed by atoms with van der Waals surface area (Å²) in [6.07, 6.45) is 2.85. The Bertz CT molecular complexity index is 804. The number of hydrogen-bond donors (Lipinski definition) is 1. The Labute approximate surface area is 154 Å². The van der Waals surface area contributed by atoms with E-state index in [0.717, 1.165) is 36.2 Å². The summed E-state index contributed by atoms with van der Waals surface area (Å²) in [4.78, 5) is 16.7. The number of ether oxygens (including phenoxy) is 2. The van der Waals surface area contributed by atoms with Gasteiger partial charge in [-0.3, -0.25) is 4.79 Å². The highest BCUT2D eigenvalue weighted by atomic mass is 16.5. The van der Waals surface area contributed by atoms with Crippen molar-refractivity contribution in [3.05, 3.63) is 58.3 Å². The van der Waals surface area contributed by atoms with Crippen LogP contribution in [-0.4, -0.2) is 31.7 Å². The summed E-state index contributed by atoms with van der Waals surface area (Å²) < 4.78 is 10.3. The maximum absolute atomic E-state index is 12.3.